The third kappa shape index (κ3) is 4.22. The van der Waals surface area contributed by atoms with Crippen molar-refractivity contribution in [2.45, 2.75) is 6.92 Å². The molecule has 3 N–H and O–H groups in total. The van der Waals surface area contributed by atoms with Crippen molar-refractivity contribution < 1.29 is 9.84 Å². The molecule has 4 aromatic rings. The molecule has 32 heavy (non-hydrogen) atoms. The zero-order valence-corrected chi connectivity index (χ0v) is 18.4. The minimum Gasteiger partial charge on any atom is -0.493 e. The Hall–Kier alpha value is -3.28. The Morgan fingerprint density at radius 1 is 1.31 bits per heavy atom. The van der Waals surface area contributed by atoms with Gasteiger partial charge >= 0.3 is 5.69 Å². The summed E-state index contributed by atoms with van der Waals surface area (Å²) in [6, 6.07) is 6.06. The number of aromatic hydroxyl groups is 1. The van der Waals surface area contributed by atoms with E-state index in [0.717, 1.165) is 43.4 Å². The number of H-pyrrole nitrogens is 2. The summed E-state index contributed by atoms with van der Waals surface area (Å²) in [5, 5.41) is 15.1. The van der Waals surface area contributed by atoms with E-state index in [0.29, 0.717) is 22.9 Å². The van der Waals surface area contributed by atoms with Gasteiger partial charge in [-0.25, -0.2) is 9.78 Å². The summed E-state index contributed by atoms with van der Waals surface area (Å²) in [5.74, 6) is -0.227. The number of aromatic amines is 2. The number of ether oxygens (including phenoxy) is 1. The minimum absolute atomic E-state index is 0.227. The highest BCUT2D eigenvalue weighted by atomic mass is 32.1. The zero-order chi connectivity index (χ0) is 22.1. The fraction of sp³-hybridized carbons (Fsp3) is 0.333. The fourth-order valence-electron chi connectivity index (χ4n) is 3.66. The lowest BCUT2D eigenvalue weighted by Gasteiger charge is -2.25. The summed E-state index contributed by atoms with van der Waals surface area (Å²) in [6.07, 6.45) is 3.29. The van der Waals surface area contributed by atoms with Crippen LogP contribution in [0.3, 0.4) is 0 Å². The Morgan fingerprint density at radius 3 is 2.88 bits per heavy atom. The largest absolute Gasteiger partial charge is 0.493 e. The minimum atomic E-state index is -0.480. The molecule has 5 heterocycles. The number of aryl methyl sites for hydroxylation is 1. The molecule has 0 amide bonds. The van der Waals surface area contributed by atoms with Gasteiger partial charge in [-0.1, -0.05) is 0 Å². The highest BCUT2D eigenvalue weighted by Gasteiger charge is 2.12. The first-order chi connectivity index (χ1) is 15.6. The number of aromatic nitrogens is 5. The lowest BCUT2D eigenvalue weighted by atomic mass is 10.3. The molecule has 11 heteroatoms. The second-order valence-electron chi connectivity index (χ2n) is 7.57. The molecule has 0 radical (unpaired) electrons. The maximum absolute atomic E-state index is 11.5. The molecule has 0 saturated carbocycles. The number of imidazole rings is 1. The number of hydrogen-bond acceptors (Lipinski definition) is 8. The molecule has 0 aromatic carbocycles. The molecule has 1 aliphatic heterocycles. The van der Waals surface area contributed by atoms with Gasteiger partial charge in [0, 0.05) is 35.8 Å². The van der Waals surface area contributed by atoms with E-state index < -0.39 is 5.69 Å². The van der Waals surface area contributed by atoms with Crippen molar-refractivity contribution in [3.05, 3.63) is 56.2 Å². The van der Waals surface area contributed by atoms with Crippen molar-refractivity contribution in [2.24, 2.45) is 4.99 Å². The van der Waals surface area contributed by atoms with Gasteiger partial charge in [0.15, 0.2) is 11.1 Å². The lowest BCUT2D eigenvalue weighted by molar-refractivity contribution is 0.0393. The normalized spacial score (nSPS) is 16.4. The summed E-state index contributed by atoms with van der Waals surface area (Å²) >= 11 is 1.66. The topological polar surface area (TPSA) is 124 Å². The second kappa shape index (κ2) is 8.69. The molecule has 0 atom stereocenters. The maximum atomic E-state index is 11.5. The highest BCUT2D eigenvalue weighted by Crippen LogP contribution is 2.25. The summed E-state index contributed by atoms with van der Waals surface area (Å²) in [4.78, 5) is 30.6. The van der Waals surface area contributed by atoms with Crippen molar-refractivity contribution in [3.63, 3.8) is 0 Å². The van der Waals surface area contributed by atoms with Crippen LogP contribution in [0.2, 0.25) is 0 Å². The number of hydrogen-bond donors (Lipinski definition) is 3. The summed E-state index contributed by atoms with van der Waals surface area (Å²) in [5.41, 5.74) is 1.90. The molecular weight excluding hydrogens is 430 g/mol. The molecular formula is C21H23N7O3S. The average Bonchev–Trinajstić information content (AvgIpc) is 3.48. The number of morpholine rings is 1. The number of nitrogens with zero attached hydrogens (tertiary/aromatic N) is 5. The summed E-state index contributed by atoms with van der Waals surface area (Å²) in [7, 11) is 0. The standard InChI is InChI=1S/C21H23N7O3S/c1-13-2-3-17(32-13)15-11-18(22-4-5-27-6-8-31-9-7-27)28-19(24-15)14(12-23-28)10-16-20(29)26-21(30)25-16/h2-3,10-12,29H,4-9H2,1H3,(H2,25,26,30). The Morgan fingerprint density at radius 2 is 2.16 bits per heavy atom. The van der Waals surface area contributed by atoms with Gasteiger partial charge in [-0.15, -0.1) is 11.3 Å². The molecule has 0 spiro atoms. The predicted molar refractivity (Wildman–Crippen MR) is 121 cm³/mol. The fourth-order valence-corrected chi connectivity index (χ4v) is 4.48. The average molecular weight is 454 g/mol. The van der Waals surface area contributed by atoms with E-state index >= 15 is 0 Å². The molecule has 0 unspecified atom stereocenters. The predicted octanol–water partition coefficient (Wildman–Crippen LogP) is 0.269. The van der Waals surface area contributed by atoms with E-state index in [1.807, 2.05) is 12.1 Å². The second-order valence-corrected chi connectivity index (χ2v) is 8.85. The smallest absolute Gasteiger partial charge is 0.326 e. The van der Waals surface area contributed by atoms with Crippen LogP contribution in [0, 0.1) is 6.92 Å². The van der Waals surface area contributed by atoms with Gasteiger partial charge in [-0.2, -0.15) is 9.61 Å². The van der Waals surface area contributed by atoms with Gasteiger partial charge in [0.05, 0.1) is 36.5 Å². The quantitative estimate of drug-likeness (QED) is 0.399. The van der Waals surface area contributed by atoms with Gasteiger partial charge in [-0.05, 0) is 25.1 Å². The van der Waals surface area contributed by atoms with E-state index in [4.69, 9.17) is 14.7 Å². The van der Waals surface area contributed by atoms with Crippen LogP contribution in [0.5, 0.6) is 5.88 Å². The van der Waals surface area contributed by atoms with Crippen molar-refractivity contribution >= 4 is 23.1 Å². The van der Waals surface area contributed by atoms with Gasteiger partial charge in [0.1, 0.15) is 5.69 Å². The van der Waals surface area contributed by atoms with Gasteiger partial charge in [-0.3, -0.25) is 14.9 Å². The van der Waals surface area contributed by atoms with E-state index in [1.54, 1.807) is 28.1 Å². The zero-order valence-electron chi connectivity index (χ0n) is 17.5. The van der Waals surface area contributed by atoms with E-state index in [1.165, 1.54) is 4.88 Å². The van der Waals surface area contributed by atoms with Gasteiger partial charge in [0.2, 0.25) is 5.88 Å². The first kappa shape index (κ1) is 20.6. The summed E-state index contributed by atoms with van der Waals surface area (Å²) < 4.78 is 7.10. The Labute approximate surface area is 186 Å². The monoisotopic (exact) mass is 453 g/mol. The van der Waals surface area contributed by atoms with Crippen molar-refractivity contribution in [3.8, 4) is 16.5 Å². The Balaban J connectivity index is 1.60. The highest BCUT2D eigenvalue weighted by molar-refractivity contribution is 7.15. The van der Waals surface area contributed by atoms with Crippen LogP contribution in [-0.4, -0.2) is 74.0 Å². The molecule has 1 saturated heterocycles. The van der Waals surface area contributed by atoms with Crippen molar-refractivity contribution in [2.75, 3.05) is 39.4 Å². The summed E-state index contributed by atoms with van der Waals surface area (Å²) in [6.45, 7) is 6.89. The van der Waals surface area contributed by atoms with Gasteiger partial charge in [0.25, 0.3) is 0 Å². The van der Waals surface area contributed by atoms with E-state index in [9.17, 15) is 9.90 Å². The Bertz CT molecular complexity index is 1430. The SMILES string of the molecule is Cc1ccc(-c2cc(=NCCN3CCOCC3)n3ncc(=Cc4[nH]c(=O)[nH]c4O)c3n2)s1. The van der Waals surface area contributed by atoms with E-state index in [-0.39, 0.29) is 11.6 Å². The third-order valence-electron chi connectivity index (χ3n) is 5.30. The molecule has 1 aliphatic rings. The molecule has 0 bridgehead atoms. The van der Waals surface area contributed by atoms with Crippen LogP contribution in [0.4, 0.5) is 0 Å². The number of thiophene rings is 1. The van der Waals surface area contributed by atoms with Crippen molar-refractivity contribution in [1.82, 2.24) is 29.5 Å². The van der Waals surface area contributed by atoms with Crippen LogP contribution >= 0.6 is 11.3 Å². The van der Waals surface area contributed by atoms with Crippen LogP contribution < -0.4 is 16.4 Å². The Kier molecular flexibility index (Phi) is 5.60. The molecule has 5 rings (SSSR count). The van der Waals surface area contributed by atoms with Gasteiger partial charge < -0.3 is 14.8 Å². The van der Waals surface area contributed by atoms with Crippen molar-refractivity contribution in [1.29, 1.82) is 0 Å². The van der Waals surface area contributed by atoms with Crippen LogP contribution in [0.15, 0.2) is 34.2 Å². The first-order valence-corrected chi connectivity index (χ1v) is 11.2. The molecule has 4 aromatic heterocycles. The maximum Gasteiger partial charge on any atom is 0.326 e. The van der Waals surface area contributed by atoms with Crippen LogP contribution in [0.25, 0.3) is 22.3 Å². The number of nitrogens with one attached hydrogen (secondary N) is 2. The van der Waals surface area contributed by atoms with Crippen LogP contribution in [0.1, 0.15) is 10.6 Å². The lowest BCUT2D eigenvalue weighted by Crippen LogP contribution is -2.38. The molecule has 10 nitrogen and oxygen atoms in total. The number of rotatable bonds is 5. The van der Waals surface area contributed by atoms with Crippen LogP contribution in [-0.2, 0) is 4.74 Å². The number of fused-ring (bicyclic) bond motifs is 1. The molecule has 1 fully saturated rings. The molecule has 166 valence electrons. The third-order valence-corrected chi connectivity index (χ3v) is 6.33. The van der Waals surface area contributed by atoms with E-state index in [2.05, 4.69) is 33.0 Å². The first-order valence-electron chi connectivity index (χ1n) is 10.4. The molecule has 0 aliphatic carbocycles.